The van der Waals surface area contributed by atoms with Crippen molar-refractivity contribution in [3.63, 3.8) is 0 Å². The van der Waals surface area contributed by atoms with Crippen LogP contribution in [0.3, 0.4) is 0 Å². The number of nitrogens with one attached hydrogen (secondary N) is 1. The van der Waals surface area contributed by atoms with Crippen LogP contribution in [0.15, 0.2) is 65.2 Å². The highest BCUT2D eigenvalue weighted by atomic mass is 16.5. The molecule has 0 fully saturated rings. The number of fused-ring (bicyclic) bond motifs is 1. The maximum absolute atomic E-state index is 12.7. The molecule has 0 spiro atoms. The lowest BCUT2D eigenvalue weighted by molar-refractivity contribution is 0.102. The van der Waals surface area contributed by atoms with E-state index in [-0.39, 0.29) is 5.91 Å². The van der Waals surface area contributed by atoms with Crippen LogP contribution >= 0.6 is 0 Å². The van der Waals surface area contributed by atoms with Crippen molar-refractivity contribution in [1.29, 1.82) is 0 Å². The van der Waals surface area contributed by atoms with E-state index in [1.165, 1.54) is 0 Å². The molecular weight excluding hydrogens is 382 g/mol. The van der Waals surface area contributed by atoms with E-state index in [2.05, 4.69) is 15.3 Å². The van der Waals surface area contributed by atoms with Crippen LogP contribution in [-0.4, -0.2) is 29.6 Å². The van der Waals surface area contributed by atoms with Crippen LogP contribution in [0, 0.1) is 0 Å². The minimum Gasteiger partial charge on any atom is -0.495 e. The second kappa shape index (κ2) is 8.65. The summed E-state index contributed by atoms with van der Waals surface area (Å²) < 4.78 is 16.7. The molecule has 1 N–H and O–H groups in total. The van der Waals surface area contributed by atoms with E-state index in [9.17, 15) is 4.79 Å². The maximum atomic E-state index is 12.7. The summed E-state index contributed by atoms with van der Waals surface area (Å²) >= 11 is 0. The predicted octanol–water partition coefficient (Wildman–Crippen LogP) is 4.94. The van der Waals surface area contributed by atoms with Crippen LogP contribution in [0.25, 0.3) is 22.7 Å². The van der Waals surface area contributed by atoms with Crippen molar-refractivity contribution in [3.05, 3.63) is 66.4 Å². The Morgan fingerprint density at radius 1 is 1.13 bits per heavy atom. The van der Waals surface area contributed by atoms with Gasteiger partial charge in [-0.15, -0.1) is 0 Å². The van der Waals surface area contributed by atoms with Crippen LogP contribution in [0.5, 0.6) is 11.5 Å². The third-order valence-electron chi connectivity index (χ3n) is 4.45. The number of methoxy groups -OCH3 is 1. The highest BCUT2D eigenvalue weighted by Crippen LogP contribution is 2.32. The number of hydrogen-bond acceptors (Lipinski definition) is 6. The van der Waals surface area contributed by atoms with Crippen molar-refractivity contribution in [1.82, 2.24) is 9.97 Å². The normalized spacial score (nSPS) is 10.7. The smallest absolute Gasteiger partial charge is 0.255 e. The molecule has 0 aliphatic rings. The van der Waals surface area contributed by atoms with E-state index >= 15 is 0 Å². The molecule has 0 saturated heterocycles. The van der Waals surface area contributed by atoms with Crippen LogP contribution in [0.2, 0.25) is 0 Å². The highest BCUT2D eigenvalue weighted by Gasteiger charge is 2.14. The monoisotopic (exact) mass is 403 g/mol. The summed E-state index contributed by atoms with van der Waals surface area (Å²) in [5.41, 5.74) is 2.85. The second-order valence-electron chi connectivity index (χ2n) is 6.59. The van der Waals surface area contributed by atoms with Crippen LogP contribution in [-0.2, 0) is 0 Å². The van der Waals surface area contributed by atoms with Gasteiger partial charge in [0, 0.05) is 17.3 Å². The average molecular weight is 403 g/mol. The number of hydrogen-bond donors (Lipinski definition) is 1. The zero-order valence-corrected chi connectivity index (χ0v) is 16.7. The molecule has 0 aliphatic heterocycles. The number of pyridine rings is 1. The summed E-state index contributed by atoms with van der Waals surface area (Å²) in [6, 6.07) is 15.9. The summed E-state index contributed by atoms with van der Waals surface area (Å²) in [5, 5.41) is 2.89. The standard InChI is InChI=1S/C23H21N3O4/c1-3-13-29-17-9-6-15(7-10-17)22(27)25-18-14-16(8-11-19(18)28-2)23-26-21-20(30-23)5-4-12-24-21/h4-12,14H,3,13H2,1-2H3,(H,25,27). The number of carbonyl (C=O) groups excluding carboxylic acids is 1. The fourth-order valence-corrected chi connectivity index (χ4v) is 2.95. The number of benzene rings is 2. The van der Waals surface area contributed by atoms with Gasteiger partial charge in [0.05, 0.1) is 19.4 Å². The molecule has 152 valence electrons. The summed E-state index contributed by atoms with van der Waals surface area (Å²) in [5.74, 6) is 1.42. The lowest BCUT2D eigenvalue weighted by Crippen LogP contribution is -2.12. The van der Waals surface area contributed by atoms with Gasteiger partial charge in [0.1, 0.15) is 11.5 Å². The summed E-state index contributed by atoms with van der Waals surface area (Å²) in [4.78, 5) is 21.3. The Hall–Kier alpha value is -3.87. The van der Waals surface area contributed by atoms with Gasteiger partial charge in [-0.2, -0.15) is 4.98 Å². The van der Waals surface area contributed by atoms with Gasteiger partial charge in [-0.25, -0.2) is 4.98 Å². The van der Waals surface area contributed by atoms with Crippen molar-refractivity contribution in [2.75, 3.05) is 19.0 Å². The number of oxazole rings is 1. The van der Waals surface area contributed by atoms with E-state index in [0.717, 1.165) is 12.2 Å². The van der Waals surface area contributed by atoms with Gasteiger partial charge in [-0.05, 0) is 61.0 Å². The molecular formula is C23H21N3O4. The maximum Gasteiger partial charge on any atom is 0.255 e. The van der Waals surface area contributed by atoms with E-state index in [4.69, 9.17) is 13.9 Å². The third kappa shape index (κ3) is 4.10. The largest absolute Gasteiger partial charge is 0.495 e. The van der Waals surface area contributed by atoms with Gasteiger partial charge in [0.25, 0.3) is 5.91 Å². The number of anilines is 1. The molecule has 7 nitrogen and oxygen atoms in total. The second-order valence-corrected chi connectivity index (χ2v) is 6.59. The number of aromatic nitrogens is 2. The van der Waals surface area contributed by atoms with E-state index < -0.39 is 0 Å². The van der Waals surface area contributed by atoms with Crippen molar-refractivity contribution in [2.24, 2.45) is 0 Å². The molecule has 0 aliphatic carbocycles. The first-order chi connectivity index (χ1) is 14.7. The van der Waals surface area contributed by atoms with Gasteiger partial charge in [-0.3, -0.25) is 4.79 Å². The fraction of sp³-hybridized carbons (Fsp3) is 0.174. The first-order valence-electron chi connectivity index (χ1n) is 9.62. The first-order valence-corrected chi connectivity index (χ1v) is 9.62. The van der Waals surface area contributed by atoms with Crippen molar-refractivity contribution < 1.29 is 18.7 Å². The Morgan fingerprint density at radius 3 is 2.70 bits per heavy atom. The molecule has 2 heterocycles. The highest BCUT2D eigenvalue weighted by molar-refractivity contribution is 6.05. The van der Waals surface area contributed by atoms with Crippen molar-refractivity contribution in [3.8, 4) is 23.0 Å². The molecule has 1 amide bonds. The zero-order valence-electron chi connectivity index (χ0n) is 16.7. The molecule has 0 unspecified atom stereocenters. The van der Waals surface area contributed by atoms with Gasteiger partial charge < -0.3 is 19.2 Å². The molecule has 4 aromatic rings. The molecule has 4 rings (SSSR count). The van der Waals surface area contributed by atoms with Crippen molar-refractivity contribution >= 4 is 22.8 Å². The Kier molecular flexibility index (Phi) is 5.61. The molecule has 2 aromatic heterocycles. The van der Waals surface area contributed by atoms with Gasteiger partial charge in [0.2, 0.25) is 5.89 Å². The van der Waals surface area contributed by atoms with Gasteiger partial charge >= 0.3 is 0 Å². The van der Waals surface area contributed by atoms with Crippen LogP contribution < -0.4 is 14.8 Å². The third-order valence-corrected chi connectivity index (χ3v) is 4.45. The molecule has 0 atom stereocenters. The Bertz CT molecular complexity index is 1140. The number of amides is 1. The molecule has 30 heavy (non-hydrogen) atoms. The molecule has 2 aromatic carbocycles. The Morgan fingerprint density at radius 2 is 1.97 bits per heavy atom. The van der Waals surface area contributed by atoms with Gasteiger partial charge in [0.15, 0.2) is 11.2 Å². The Labute approximate surface area is 173 Å². The lowest BCUT2D eigenvalue weighted by atomic mass is 10.1. The molecule has 0 radical (unpaired) electrons. The van der Waals surface area contributed by atoms with Crippen LogP contribution in [0.1, 0.15) is 23.7 Å². The molecule has 7 heteroatoms. The summed E-state index contributed by atoms with van der Waals surface area (Å²) in [7, 11) is 1.55. The van der Waals surface area contributed by atoms with E-state index in [0.29, 0.717) is 46.3 Å². The number of ether oxygens (including phenoxy) is 2. The zero-order chi connectivity index (χ0) is 20.9. The number of carbonyl (C=O) groups is 1. The minimum atomic E-state index is -0.258. The van der Waals surface area contributed by atoms with Gasteiger partial charge in [-0.1, -0.05) is 6.92 Å². The van der Waals surface area contributed by atoms with E-state index in [1.54, 1.807) is 61.8 Å². The summed E-state index contributed by atoms with van der Waals surface area (Å²) in [6.45, 7) is 2.68. The van der Waals surface area contributed by atoms with Crippen LogP contribution in [0.4, 0.5) is 5.69 Å². The average Bonchev–Trinajstić information content (AvgIpc) is 3.22. The molecule has 0 saturated carbocycles. The fourth-order valence-electron chi connectivity index (χ4n) is 2.95. The summed E-state index contributed by atoms with van der Waals surface area (Å²) in [6.07, 6.45) is 2.58. The SMILES string of the molecule is CCCOc1ccc(C(=O)Nc2cc(-c3nc4ncccc4o3)ccc2OC)cc1. The van der Waals surface area contributed by atoms with E-state index in [1.807, 2.05) is 13.0 Å². The quantitative estimate of drug-likeness (QED) is 0.470. The van der Waals surface area contributed by atoms with Crippen molar-refractivity contribution in [2.45, 2.75) is 13.3 Å². The number of rotatable bonds is 7. The minimum absolute atomic E-state index is 0.258. The Balaban J connectivity index is 1.58. The predicted molar refractivity (Wildman–Crippen MR) is 114 cm³/mol. The topological polar surface area (TPSA) is 86.5 Å². The first kappa shape index (κ1) is 19.4. The molecule has 0 bridgehead atoms. The lowest BCUT2D eigenvalue weighted by Gasteiger charge is -2.12. The number of nitrogens with zero attached hydrogens (tertiary/aromatic N) is 2.